The summed E-state index contributed by atoms with van der Waals surface area (Å²) in [6.45, 7) is 0. The van der Waals surface area contributed by atoms with Gasteiger partial charge in [0.05, 0.1) is 0 Å². The molecule has 0 saturated heterocycles. The van der Waals surface area contributed by atoms with Gasteiger partial charge in [-0.1, -0.05) is 42.1 Å². The molecule has 0 atom stereocenters. The smallest absolute Gasteiger partial charge is 0.0301 e. The highest BCUT2D eigenvalue weighted by Crippen LogP contribution is 2.07. The van der Waals surface area contributed by atoms with Crippen LogP contribution in [0.3, 0.4) is 0 Å². The maximum atomic E-state index is 2.27. The first-order chi connectivity index (χ1) is 4.97. The topological polar surface area (TPSA) is 0 Å². The minimum atomic E-state index is 0.403. The Labute approximate surface area is 62.3 Å². The minimum absolute atomic E-state index is 0.403. The van der Waals surface area contributed by atoms with Crippen molar-refractivity contribution in [3.05, 3.63) is 42.1 Å². The average molecular weight is 144 g/mol. The molecule has 2 rings (SSSR count). The number of rotatable bonds is 0. The SMILES string of the molecule is c1ccc2[siH]cccc2c1. The van der Waals surface area contributed by atoms with Crippen molar-refractivity contribution in [2.75, 3.05) is 0 Å². The molecule has 1 heterocycles. The maximum Gasteiger partial charge on any atom is 0.0301 e. The highest BCUT2D eigenvalue weighted by atomic mass is 28.2. The lowest BCUT2D eigenvalue weighted by Crippen LogP contribution is -1.74. The van der Waals surface area contributed by atoms with Gasteiger partial charge in [-0.25, -0.2) is 0 Å². The molecule has 0 saturated carbocycles. The fourth-order valence-electron chi connectivity index (χ4n) is 1.13. The van der Waals surface area contributed by atoms with Gasteiger partial charge in [0.2, 0.25) is 0 Å². The molecule has 0 unspecified atom stereocenters. The second-order valence-corrected chi connectivity index (χ2v) is 3.69. The van der Waals surface area contributed by atoms with E-state index in [0.29, 0.717) is 9.12 Å². The average Bonchev–Trinajstić information content (AvgIpc) is 2.05. The summed E-state index contributed by atoms with van der Waals surface area (Å²) in [4.78, 5) is 1.52. The number of hydrogen-bond acceptors (Lipinski definition) is 0. The fourth-order valence-corrected chi connectivity index (χ4v) is 2.17. The Balaban J connectivity index is 2.89. The molecule has 0 N–H and O–H groups in total. The van der Waals surface area contributed by atoms with Crippen LogP contribution in [-0.4, -0.2) is 9.12 Å². The van der Waals surface area contributed by atoms with E-state index in [1.54, 1.807) is 0 Å². The van der Waals surface area contributed by atoms with Gasteiger partial charge >= 0.3 is 0 Å². The number of benzene rings is 1. The zero-order chi connectivity index (χ0) is 6.81. The summed E-state index contributed by atoms with van der Waals surface area (Å²) in [5.41, 5.74) is 2.27. The standard InChI is InChI=1S/C9H8Si/c1-2-6-9-8(4-1)5-3-7-10-9/h1-7,10H. The van der Waals surface area contributed by atoms with Crippen LogP contribution in [0.5, 0.6) is 0 Å². The Kier molecular flexibility index (Phi) is 1.36. The van der Waals surface area contributed by atoms with E-state index < -0.39 is 0 Å². The van der Waals surface area contributed by atoms with Gasteiger partial charge < -0.3 is 0 Å². The van der Waals surface area contributed by atoms with Crippen molar-refractivity contribution in [1.29, 1.82) is 0 Å². The number of hydrogen-bond donors (Lipinski definition) is 0. The molecule has 0 radical (unpaired) electrons. The third-order valence-corrected chi connectivity index (χ3v) is 2.96. The highest BCUT2D eigenvalue weighted by Gasteiger charge is 1.85. The summed E-state index contributed by atoms with van der Waals surface area (Å²) >= 11 is 0. The molecule has 1 aromatic carbocycles. The van der Waals surface area contributed by atoms with Crippen molar-refractivity contribution >= 4 is 19.5 Å². The molecule has 0 aliphatic heterocycles. The van der Waals surface area contributed by atoms with E-state index in [2.05, 4.69) is 42.1 Å². The fraction of sp³-hybridized carbons (Fsp3) is 0. The first kappa shape index (κ1) is 5.80. The first-order valence-electron chi connectivity index (χ1n) is 3.40. The van der Waals surface area contributed by atoms with Crippen molar-refractivity contribution < 1.29 is 0 Å². The lowest BCUT2D eigenvalue weighted by molar-refractivity contribution is 1.82. The van der Waals surface area contributed by atoms with Crippen LogP contribution in [0, 0.1) is 0 Å². The molecule has 48 valence electrons. The molecular formula is C9H8Si. The lowest BCUT2D eigenvalue weighted by atomic mass is 10.2. The van der Waals surface area contributed by atoms with Crippen LogP contribution in [0.25, 0.3) is 10.4 Å². The molecule has 0 amide bonds. The van der Waals surface area contributed by atoms with Gasteiger partial charge in [0.15, 0.2) is 0 Å². The van der Waals surface area contributed by atoms with E-state index in [0.717, 1.165) is 0 Å². The molecule has 1 heteroatoms. The molecule has 0 fully saturated rings. The van der Waals surface area contributed by atoms with Crippen LogP contribution < -0.4 is 0 Å². The van der Waals surface area contributed by atoms with Crippen LogP contribution in [0.2, 0.25) is 0 Å². The van der Waals surface area contributed by atoms with Crippen molar-refractivity contribution in [3.63, 3.8) is 0 Å². The highest BCUT2D eigenvalue weighted by molar-refractivity contribution is 6.45. The van der Waals surface area contributed by atoms with Crippen molar-refractivity contribution in [2.45, 2.75) is 0 Å². The van der Waals surface area contributed by atoms with E-state index in [1.807, 2.05) is 0 Å². The third-order valence-electron chi connectivity index (χ3n) is 1.66. The Bertz CT molecular complexity index is 276. The summed E-state index contributed by atoms with van der Waals surface area (Å²) in [7, 11) is 0.403. The zero-order valence-corrected chi connectivity index (χ0v) is 6.77. The van der Waals surface area contributed by atoms with Crippen molar-refractivity contribution in [3.8, 4) is 0 Å². The molecule has 0 aliphatic carbocycles. The Morgan fingerprint density at radius 1 is 0.900 bits per heavy atom. The first-order valence-corrected chi connectivity index (χ1v) is 4.65. The number of fused-ring (bicyclic) bond motifs is 1. The van der Waals surface area contributed by atoms with Crippen LogP contribution >= 0.6 is 0 Å². The summed E-state index contributed by atoms with van der Waals surface area (Å²) in [6, 6.07) is 12.9. The van der Waals surface area contributed by atoms with Crippen LogP contribution in [0.4, 0.5) is 0 Å². The Morgan fingerprint density at radius 2 is 1.70 bits per heavy atom. The summed E-state index contributed by atoms with van der Waals surface area (Å²) in [6.07, 6.45) is 0. The molecule has 0 bridgehead atoms. The third kappa shape index (κ3) is 0.887. The molecule has 0 nitrogen and oxygen atoms in total. The van der Waals surface area contributed by atoms with Crippen LogP contribution in [0.1, 0.15) is 0 Å². The van der Waals surface area contributed by atoms with Gasteiger partial charge in [-0.05, 0) is 10.4 Å². The summed E-state index contributed by atoms with van der Waals surface area (Å²) < 4.78 is 0. The molecular weight excluding hydrogens is 136 g/mol. The van der Waals surface area contributed by atoms with Gasteiger partial charge in [-0.2, -0.15) is 0 Å². The molecule has 0 aliphatic rings. The lowest BCUT2D eigenvalue weighted by Gasteiger charge is -1.92. The quantitative estimate of drug-likeness (QED) is 0.495. The van der Waals surface area contributed by atoms with Gasteiger partial charge in [0.1, 0.15) is 0 Å². The predicted octanol–water partition coefficient (Wildman–Crippen LogP) is 1.91. The molecule has 2 aromatic rings. The predicted molar refractivity (Wildman–Crippen MR) is 46.7 cm³/mol. The monoisotopic (exact) mass is 144 g/mol. The maximum absolute atomic E-state index is 2.27. The van der Waals surface area contributed by atoms with E-state index in [1.165, 1.54) is 10.4 Å². The molecule has 10 heavy (non-hydrogen) atoms. The van der Waals surface area contributed by atoms with Crippen LogP contribution in [0.15, 0.2) is 42.1 Å². The van der Waals surface area contributed by atoms with Gasteiger partial charge in [0, 0.05) is 9.12 Å². The second kappa shape index (κ2) is 2.35. The minimum Gasteiger partial charge on any atom is -0.0799 e. The van der Waals surface area contributed by atoms with Crippen LogP contribution in [-0.2, 0) is 0 Å². The van der Waals surface area contributed by atoms with Crippen molar-refractivity contribution in [1.82, 2.24) is 0 Å². The van der Waals surface area contributed by atoms with Crippen molar-refractivity contribution in [2.24, 2.45) is 0 Å². The van der Waals surface area contributed by atoms with Gasteiger partial charge in [0.25, 0.3) is 0 Å². The van der Waals surface area contributed by atoms with Gasteiger partial charge in [-0.3, -0.25) is 0 Å². The van der Waals surface area contributed by atoms with Gasteiger partial charge in [-0.15, -0.1) is 0 Å². The Morgan fingerprint density at radius 3 is 2.60 bits per heavy atom. The molecule has 0 spiro atoms. The largest absolute Gasteiger partial charge is 0.0799 e. The summed E-state index contributed by atoms with van der Waals surface area (Å²) in [5.74, 6) is 0. The molecule has 1 aromatic heterocycles. The van der Waals surface area contributed by atoms with E-state index in [-0.39, 0.29) is 0 Å². The van der Waals surface area contributed by atoms with E-state index >= 15 is 0 Å². The second-order valence-electron chi connectivity index (χ2n) is 2.35. The zero-order valence-electron chi connectivity index (χ0n) is 5.62. The Hall–Kier alpha value is -0.953. The van der Waals surface area contributed by atoms with E-state index in [4.69, 9.17) is 0 Å². The van der Waals surface area contributed by atoms with E-state index in [9.17, 15) is 0 Å². The summed E-state index contributed by atoms with van der Waals surface area (Å²) in [5, 5.41) is 1.40. The normalized spacial score (nSPS) is 10.0.